The molecule has 0 N–H and O–H groups in total. The molecule has 1 unspecified atom stereocenters. The minimum absolute atomic E-state index is 0.0714. The fourth-order valence-corrected chi connectivity index (χ4v) is 4.15. The van der Waals surface area contributed by atoms with Crippen LogP contribution >= 0.6 is 0 Å². The van der Waals surface area contributed by atoms with Gasteiger partial charge in [0.15, 0.2) is 0 Å². The minimum Gasteiger partial charge on any atom is -0.369 e. The van der Waals surface area contributed by atoms with Crippen molar-refractivity contribution in [2.45, 2.75) is 25.8 Å². The number of rotatable bonds is 7. The summed E-state index contributed by atoms with van der Waals surface area (Å²) in [7, 11) is 1.87. The van der Waals surface area contributed by atoms with E-state index >= 15 is 0 Å². The van der Waals surface area contributed by atoms with Gasteiger partial charge in [0.1, 0.15) is 0 Å². The number of likely N-dealkylation sites (N-methyl/N-ethyl adjacent to an activating group) is 1. The second-order valence-electron chi connectivity index (χ2n) is 8.35. The number of hydrogen-bond donors (Lipinski definition) is 0. The Labute approximate surface area is 188 Å². The van der Waals surface area contributed by atoms with Gasteiger partial charge >= 0.3 is 0 Å². The number of hydrogen-bond acceptors (Lipinski definition) is 5. The maximum Gasteiger partial charge on any atom is 0.269 e. The SMILES string of the molecule is CN(CCc1ccncc1)C(=O)C1CCCN(c2cnn(Cc3ccccc3)c(=O)c2)C1. The van der Waals surface area contributed by atoms with Crippen LogP contribution < -0.4 is 10.5 Å². The number of anilines is 1. The maximum atomic E-state index is 13.0. The van der Waals surface area contributed by atoms with Gasteiger partial charge in [0.2, 0.25) is 5.91 Å². The lowest BCUT2D eigenvalue weighted by Crippen LogP contribution is -2.44. The third kappa shape index (κ3) is 5.41. The molecule has 7 nitrogen and oxygen atoms in total. The fraction of sp³-hybridized carbons (Fsp3) is 0.360. The molecule has 0 saturated carbocycles. The first kappa shape index (κ1) is 21.7. The van der Waals surface area contributed by atoms with Gasteiger partial charge < -0.3 is 9.80 Å². The van der Waals surface area contributed by atoms with E-state index in [2.05, 4.69) is 15.0 Å². The zero-order valence-electron chi connectivity index (χ0n) is 18.4. The molecule has 32 heavy (non-hydrogen) atoms. The molecule has 0 radical (unpaired) electrons. The highest BCUT2D eigenvalue weighted by molar-refractivity contribution is 5.79. The number of nitrogens with zero attached hydrogens (tertiary/aromatic N) is 5. The average molecular weight is 432 g/mol. The van der Waals surface area contributed by atoms with E-state index in [0.717, 1.165) is 37.1 Å². The largest absolute Gasteiger partial charge is 0.369 e. The topological polar surface area (TPSA) is 71.3 Å². The molecule has 3 heterocycles. The molecule has 2 aromatic heterocycles. The van der Waals surface area contributed by atoms with Gasteiger partial charge in [0, 0.05) is 45.1 Å². The Hall–Kier alpha value is -3.48. The van der Waals surface area contributed by atoms with Gasteiger partial charge in [-0.05, 0) is 42.5 Å². The Morgan fingerprint density at radius 3 is 2.66 bits per heavy atom. The average Bonchev–Trinajstić information content (AvgIpc) is 2.84. The zero-order chi connectivity index (χ0) is 22.3. The van der Waals surface area contributed by atoms with Crippen LogP contribution in [-0.2, 0) is 17.8 Å². The molecule has 1 aliphatic heterocycles. The summed E-state index contributed by atoms with van der Waals surface area (Å²) in [5.41, 5.74) is 2.87. The number of carbonyl (C=O) groups is 1. The molecule has 1 amide bonds. The predicted octanol–water partition coefficient (Wildman–Crippen LogP) is 2.60. The van der Waals surface area contributed by atoms with Crippen molar-refractivity contribution in [3.05, 3.63) is 88.6 Å². The van der Waals surface area contributed by atoms with Gasteiger partial charge in [0.25, 0.3) is 5.56 Å². The lowest BCUT2D eigenvalue weighted by atomic mass is 9.96. The number of pyridine rings is 1. The third-order valence-corrected chi connectivity index (χ3v) is 6.03. The van der Waals surface area contributed by atoms with Crippen molar-refractivity contribution in [1.82, 2.24) is 19.7 Å². The molecule has 0 spiro atoms. The van der Waals surface area contributed by atoms with E-state index in [1.807, 2.05) is 54.4 Å². The molecular weight excluding hydrogens is 402 g/mol. The summed E-state index contributed by atoms with van der Waals surface area (Å²) in [6.07, 6.45) is 7.89. The fourth-order valence-electron chi connectivity index (χ4n) is 4.15. The van der Waals surface area contributed by atoms with Crippen LogP contribution in [0.1, 0.15) is 24.0 Å². The summed E-state index contributed by atoms with van der Waals surface area (Å²) >= 11 is 0. The summed E-state index contributed by atoms with van der Waals surface area (Å²) in [4.78, 5) is 33.6. The van der Waals surface area contributed by atoms with Crippen molar-refractivity contribution >= 4 is 11.6 Å². The van der Waals surface area contributed by atoms with E-state index in [1.165, 1.54) is 10.2 Å². The van der Waals surface area contributed by atoms with Crippen molar-refractivity contribution in [3.63, 3.8) is 0 Å². The summed E-state index contributed by atoms with van der Waals surface area (Å²) in [5, 5.41) is 4.38. The lowest BCUT2D eigenvalue weighted by Gasteiger charge is -2.35. The highest BCUT2D eigenvalue weighted by Crippen LogP contribution is 2.23. The predicted molar refractivity (Wildman–Crippen MR) is 125 cm³/mol. The third-order valence-electron chi connectivity index (χ3n) is 6.03. The number of piperidine rings is 1. The van der Waals surface area contributed by atoms with Crippen molar-refractivity contribution < 1.29 is 4.79 Å². The highest BCUT2D eigenvalue weighted by atomic mass is 16.2. The smallest absolute Gasteiger partial charge is 0.269 e. The Morgan fingerprint density at radius 1 is 1.12 bits per heavy atom. The minimum atomic E-state index is -0.130. The Morgan fingerprint density at radius 2 is 1.91 bits per heavy atom. The van der Waals surface area contributed by atoms with Crippen LogP contribution in [0.4, 0.5) is 5.69 Å². The van der Waals surface area contributed by atoms with Gasteiger partial charge in [-0.3, -0.25) is 14.6 Å². The first-order valence-corrected chi connectivity index (χ1v) is 11.1. The van der Waals surface area contributed by atoms with Crippen LogP contribution in [0.15, 0.2) is 71.9 Å². The molecule has 3 aromatic rings. The second-order valence-corrected chi connectivity index (χ2v) is 8.35. The summed E-state index contributed by atoms with van der Waals surface area (Å²) < 4.78 is 1.47. The zero-order valence-corrected chi connectivity index (χ0v) is 18.4. The van der Waals surface area contributed by atoms with Crippen molar-refractivity contribution in [2.75, 3.05) is 31.6 Å². The Kier molecular flexibility index (Phi) is 6.94. The summed E-state index contributed by atoms with van der Waals surface area (Å²) in [6, 6.07) is 15.4. The molecule has 4 rings (SSSR count). The van der Waals surface area contributed by atoms with Crippen molar-refractivity contribution in [2.24, 2.45) is 5.92 Å². The van der Waals surface area contributed by atoms with Gasteiger partial charge in [-0.2, -0.15) is 5.10 Å². The standard InChI is InChI=1S/C25H29N5O2/c1-28(15-11-20-9-12-26-13-10-20)25(32)22-8-5-14-29(19-22)23-16-24(31)30(27-17-23)18-21-6-3-2-4-7-21/h2-4,6-7,9-10,12-13,16-17,22H,5,8,11,14-15,18-19H2,1H3. The van der Waals surface area contributed by atoms with Gasteiger partial charge in [-0.15, -0.1) is 0 Å². The van der Waals surface area contributed by atoms with Gasteiger partial charge in [0.05, 0.1) is 24.3 Å². The second kappa shape index (κ2) is 10.2. The number of benzene rings is 1. The molecule has 1 aromatic carbocycles. The van der Waals surface area contributed by atoms with Crippen LogP contribution in [0.2, 0.25) is 0 Å². The maximum absolute atomic E-state index is 13.0. The van der Waals surface area contributed by atoms with Crippen LogP contribution in [0.5, 0.6) is 0 Å². The van der Waals surface area contributed by atoms with E-state index in [9.17, 15) is 9.59 Å². The monoisotopic (exact) mass is 431 g/mol. The summed E-state index contributed by atoms with van der Waals surface area (Å²) in [5.74, 6) is 0.0899. The molecule has 1 aliphatic rings. The van der Waals surface area contributed by atoms with Crippen molar-refractivity contribution in [1.29, 1.82) is 0 Å². The quantitative estimate of drug-likeness (QED) is 0.575. The van der Waals surface area contributed by atoms with Crippen LogP contribution in [0.3, 0.4) is 0 Å². The van der Waals surface area contributed by atoms with E-state index in [0.29, 0.717) is 19.6 Å². The Balaban J connectivity index is 1.37. The highest BCUT2D eigenvalue weighted by Gasteiger charge is 2.28. The number of aromatic nitrogens is 3. The van der Waals surface area contributed by atoms with Crippen LogP contribution in [0.25, 0.3) is 0 Å². The molecule has 1 fully saturated rings. The van der Waals surface area contributed by atoms with E-state index in [-0.39, 0.29) is 17.4 Å². The number of amides is 1. The molecule has 1 saturated heterocycles. The molecule has 0 aliphatic carbocycles. The van der Waals surface area contributed by atoms with Gasteiger partial charge in [-0.1, -0.05) is 30.3 Å². The summed E-state index contributed by atoms with van der Waals surface area (Å²) in [6.45, 7) is 2.57. The first-order valence-electron chi connectivity index (χ1n) is 11.1. The molecule has 1 atom stereocenters. The molecule has 0 bridgehead atoms. The van der Waals surface area contributed by atoms with E-state index in [4.69, 9.17) is 0 Å². The van der Waals surface area contributed by atoms with Crippen molar-refractivity contribution in [3.8, 4) is 0 Å². The molecular formula is C25H29N5O2. The lowest BCUT2D eigenvalue weighted by molar-refractivity contribution is -0.134. The number of carbonyl (C=O) groups excluding carboxylic acids is 1. The van der Waals surface area contributed by atoms with Gasteiger partial charge in [-0.25, -0.2) is 4.68 Å². The molecule has 166 valence electrons. The normalized spacial score (nSPS) is 16.0. The van der Waals surface area contributed by atoms with Crippen LogP contribution in [0, 0.1) is 5.92 Å². The Bertz CT molecular complexity index is 1080. The van der Waals surface area contributed by atoms with E-state index < -0.39 is 0 Å². The first-order chi connectivity index (χ1) is 15.6. The van der Waals surface area contributed by atoms with Crippen LogP contribution in [-0.4, -0.2) is 52.3 Å². The van der Waals surface area contributed by atoms with E-state index in [1.54, 1.807) is 24.7 Å². The molecule has 7 heteroatoms.